The number of piperidine rings is 1. The quantitative estimate of drug-likeness (QED) is 0.813. The van der Waals surface area contributed by atoms with E-state index in [1.165, 1.54) is 6.42 Å². The second-order valence-corrected chi connectivity index (χ2v) is 5.61. The third-order valence-corrected chi connectivity index (χ3v) is 4.01. The van der Waals surface area contributed by atoms with E-state index in [4.69, 9.17) is 5.73 Å². The van der Waals surface area contributed by atoms with Crippen LogP contribution >= 0.6 is 0 Å². The monoisotopic (exact) mass is 291 g/mol. The number of likely N-dealkylation sites (N-methyl/N-ethyl adjacent to an activating group) is 1. The summed E-state index contributed by atoms with van der Waals surface area (Å²) < 4.78 is 0. The zero-order valence-electron chi connectivity index (χ0n) is 12.2. The first kappa shape index (κ1) is 13.8. The number of rotatable bonds is 3. The highest BCUT2D eigenvalue weighted by molar-refractivity contribution is 5.86. The lowest BCUT2D eigenvalue weighted by molar-refractivity contribution is -0.127. The predicted molar refractivity (Wildman–Crippen MR) is 80.0 cm³/mol. The smallest absolute Gasteiger partial charge is 0.244 e. The van der Waals surface area contributed by atoms with Crippen LogP contribution in [0.3, 0.4) is 0 Å². The Morgan fingerprint density at radius 2 is 1.90 bits per heavy atom. The van der Waals surface area contributed by atoms with Crippen molar-refractivity contribution in [3.8, 4) is 0 Å². The molecule has 2 aliphatic rings. The van der Waals surface area contributed by atoms with Gasteiger partial charge < -0.3 is 20.9 Å². The Hall–Kier alpha value is -2.12. The SMILES string of the molecule is CN1CCC(Nc2nc(N)nc(N3CCCCC3)n2)C1=O. The van der Waals surface area contributed by atoms with Crippen LogP contribution in [0.15, 0.2) is 0 Å². The molecule has 1 atom stereocenters. The first-order valence-corrected chi connectivity index (χ1v) is 7.41. The van der Waals surface area contributed by atoms with Gasteiger partial charge in [0, 0.05) is 26.7 Å². The Bertz CT molecular complexity index is 529. The lowest BCUT2D eigenvalue weighted by atomic mass is 10.1. The number of likely N-dealkylation sites (tertiary alicyclic amines) is 1. The Kier molecular flexibility index (Phi) is 3.76. The number of amides is 1. The maximum Gasteiger partial charge on any atom is 0.244 e. The lowest BCUT2D eigenvalue weighted by Crippen LogP contribution is -2.33. The zero-order valence-corrected chi connectivity index (χ0v) is 12.2. The minimum Gasteiger partial charge on any atom is -0.368 e. The van der Waals surface area contributed by atoms with E-state index in [1.54, 1.807) is 11.9 Å². The van der Waals surface area contributed by atoms with Crippen molar-refractivity contribution < 1.29 is 4.79 Å². The molecule has 2 saturated heterocycles. The molecule has 8 heteroatoms. The van der Waals surface area contributed by atoms with Gasteiger partial charge in [-0.2, -0.15) is 15.0 Å². The fraction of sp³-hybridized carbons (Fsp3) is 0.692. The van der Waals surface area contributed by atoms with E-state index in [0.717, 1.165) is 38.9 Å². The Morgan fingerprint density at radius 1 is 1.14 bits per heavy atom. The van der Waals surface area contributed by atoms with Crippen molar-refractivity contribution in [3.63, 3.8) is 0 Å². The number of anilines is 3. The minimum atomic E-state index is -0.272. The third-order valence-electron chi connectivity index (χ3n) is 4.01. The van der Waals surface area contributed by atoms with Crippen LogP contribution in [-0.4, -0.2) is 58.5 Å². The number of nitrogens with one attached hydrogen (secondary N) is 1. The number of nitrogen functional groups attached to an aromatic ring is 1. The molecule has 1 aromatic heterocycles. The van der Waals surface area contributed by atoms with Crippen LogP contribution in [0.25, 0.3) is 0 Å². The number of nitrogens with two attached hydrogens (primary N) is 1. The summed E-state index contributed by atoms with van der Waals surface area (Å²) in [5.74, 6) is 1.24. The van der Waals surface area contributed by atoms with Gasteiger partial charge >= 0.3 is 0 Å². The maximum absolute atomic E-state index is 11.9. The van der Waals surface area contributed by atoms with Crippen LogP contribution in [0.2, 0.25) is 0 Å². The molecule has 3 heterocycles. The molecular weight excluding hydrogens is 270 g/mol. The molecule has 2 aliphatic heterocycles. The Morgan fingerprint density at radius 3 is 2.57 bits per heavy atom. The topological polar surface area (TPSA) is 100 Å². The molecule has 0 spiro atoms. The van der Waals surface area contributed by atoms with Crippen molar-refractivity contribution in [3.05, 3.63) is 0 Å². The number of hydrogen-bond acceptors (Lipinski definition) is 7. The molecule has 2 fully saturated rings. The van der Waals surface area contributed by atoms with Gasteiger partial charge in [-0.15, -0.1) is 0 Å². The number of hydrogen-bond donors (Lipinski definition) is 2. The number of nitrogens with zero attached hydrogens (tertiary/aromatic N) is 5. The van der Waals surface area contributed by atoms with Crippen molar-refractivity contribution in [2.45, 2.75) is 31.7 Å². The molecule has 3 rings (SSSR count). The summed E-state index contributed by atoms with van der Waals surface area (Å²) in [7, 11) is 1.80. The van der Waals surface area contributed by atoms with Crippen molar-refractivity contribution in [1.82, 2.24) is 19.9 Å². The molecular formula is C13H21N7O. The summed E-state index contributed by atoms with van der Waals surface area (Å²) in [6.07, 6.45) is 4.27. The first-order chi connectivity index (χ1) is 10.1. The molecule has 0 saturated carbocycles. The van der Waals surface area contributed by atoms with Crippen LogP contribution in [0, 0.1) is 0 Å². The van der Waals surface area contributed by atoms with E-state index in [1.807, 2.05) is 0 Å². The Labute approximate surface area is 123 Å². The Balaban J connectivity index is 1.76. The van der Waals surface area contributed by atoms with Gasteiger partial charge in [-0.25, -0.2) is 0 Å². The summed E-state index contributed by atoms with van der Waals surface area (Å²) in [5.41, 5.74) is 5.78. The van der Waals surface area contributed by atoms with Gasteiger partial charge in [-0.05, 0) is 25.7 Å². The average Bonchev–Trinajstić information content (AvgIpc) is 2.80. The minimum absolute atomic E-state index is 0.0634. The van der Waals surface area contributed by atoms with E-state index in [0.29, 0.717) is 11.9 Å². The third kappa shape index (κ3) is 2.98. The van der Waals surface area contributed by atoms with E-state index in [9.17, 15) is 4.79 Å². The standard InChI is InChI=1S/C13H21N7O/c1-19-8-5-9(10(19)21)15-12-16-11(14)17-13(18-12)20-6-3-2-4-7-20/h9H,2-8H2,1H3,(H3,14,15,16,17,18). The highest BCUT2D eigenvalue weighted by atomic mass is 16.2. The van der Waals surface area contributed by atoms with E-state index >= 15 is 0 Å². The summed E-state index contributed by atoms with van der Waals surface area (Å²) in [4.78, 5) is 28.5. The average molecular weight is 291 g/mol. The highest BCUT2D eigenvalue weighted by Crippen LogP contribution is 2.19. The van der Waals surface area contributed by atoms with Gasteiger partial charge in [-0.1, -0.05) is 0 Å². The molecule has 1 unspecified atom stereocenters. The molecule has 114 valence electrons. The summed E-state index contributed by atoms with van der Waals surface area (Å²) >= 11 is 0. The van der Waals surface area contributed by atoms with Crippen LogP contribution in [0.5, 0.6) is 0 Å². The molecule has 0 aromatic carbocycles. The van der Waals surface area contributed by atoms with Crippen LogP contribution in [0.4, 0.5) is 17.8 Å². The molecule has 0 aliphatic carbocycles. The second-order valence-electron chi connectivity index (χ2n) is 5.61. The molecule has 0 bridgehead atoms. The van der Waals surface area contributed by atoms with Crippen molar-refractivity contribution in [2.75, 3.05) is 42.6 Å². The van der Waals surface area contributed by atoms with Crippen LogP contribution in [0.1, 0.15) is 25.7 Å². The van der Waals surface area contributed by atoms with Crippen molar-refractivity contribution in [1.29, 1.82) is 0 Å². The van der Waals surface area contributed by atoms with E-state index in [2.05, 4.69) is 25.2 Å². The highest BCUT2D eigenvalue weighted by Gasteiger charge is 2.29. The normalized spacial score (nSPS) is 22.7. The van der Waals surface area contributed by atoms with Gasteiger partial charge in [-0.3, -0.25) is 4.79 Å². The molecule has 3 N–H and O–H groups in total. The number of carbonyl (C=O) groups excluding carboxylic acids is 1. The van der Waals surface area contributed by atoms with Gasteiger partial charge in [0.05, 0.1) is 0 Å². The van der Waals surface area contributed by atoms with Gasteiger partial charge in [0.1, 0.15) is 6.04 Å². The lowest BCUT2D eigenvalue weighted by Gasteiger charge is -2.26. The van der Waals surface area contributed by atoms with Crippen LogP contribution in [-0.2, 0) is 4.79 Å². The summed E-state index contributed by atoms with van der Waals surface area (Å²) in [6, 6.07) is -0.272. The molecule has 21 heavy (non-hydrogen) atoms. The molecule has 1 aromatic rings. The first-order valence-electron chi connectivity index (χ1n) is 7.41. The maximum atomic E-state index is 11.9. The predicted octanol–water partition coefficient (Wildman–Crippen LogP) is 0.0867. The van der Waals surface area contributed by atoms with Crippen LogP contribution < -0.4 is 16.0 Å². The van der Waals surface area contributed by atoms with Crippen molar-refractivity contribution >= 4 is 23.8 Å². The molecule has 8 nitrogen and oxygen atoms in total. The fourth-order valence-electron chi connectivity index (χ4n) is 2.79. The van der Waals surface area contributed by atoms with Gasteiger partial charge in [0.25, 0.3) is 0 Å². The summed E-state index contributed by atoms with van der Waals surface area (Å²) in [6.45, 7) is 2.62. The molecule has 0 radical (unpaired) electrons. The van der Waals surface area contributed by atoms with E-state index < -0.39 is 0 Å². The molecule has 1 amide bonds. The fourth-order valence-corrected chi connectivity index (χ4v) is 2.79. The van der Waals surface area contributed by atoms with Gasteiger partial charge in [0.15, 0.2) is 0 Å². The second kappa shape index (κ2) is 5.71. The largest absolute Gasteiger partial charge is 0.368 e. The van der Waals surface area contributed by atoms with Gasteiger partial charge in [0.2, 0.25) is 23.8 Å². The number of aromatic nitrogens is 3. The zero-order chi connectivity index (χ0) is 14.8. The van der Waals surface area contributed by atoms with Crippen molar-refractivity contribution in [2.24, 2.45) is 0 Å². The number of carbonyl (C=O) groups is 1. The summed E-state index contributed by atoms with van der Waals surface area (Å²) in [5, 5.41) is 3.08. The van der Waals surface area contributed by atoms with E-state index in [-0.39, 0.29) is 17.9 Å².